The second-order valence-corrected chi connectivity index (χ2v) is 8.54. The number of amides is 2. The summed E-state index contributed by atoms with van der Waals surface area (Å²) >= 11 is 1.66. The molecule has 1 aromatic carbocycles. The van der Waals surface area contributed by atoms with Crippen LogP contribution in [-0.4, -0.2) is 82.6 Å². The van der Waals surface area contributed by atoms with E-state index in [1.54, 1.807) is 28.8 Å². The smallest absolute Gasteiger partial charge is 0.323 e. The van der Waals surface area contributed by atoms with Crippen molar-refractivity contribution in [2.45, 2.75) is 37.9 Å². The molecule has 0 radical (unpaired) electrons. The van der Waals surface area contributed by atoms with Crippen molar-refractivity contribution in [3.8, 4) is 5.75 Å². The van der Waals surface area contributed by atoms with Crippen LogP contribution in [0.25, 0.3) is 0 Å². The molecule has 0 bridgehead atoms. The number of aliphatic carboxylic acids is 1. The van der Waals surface area contributed by atoms with Crippen molar-refractivity contribution >= 4 is 29.5 Å². The normalized spacial score (nSPS) is 20.6. The average molecular weight is 436 g/mol. The Morgan fingerprint density at radius 2 is 2.00 bits per heavy atom. The summed E-state index contributed by atoms with van der Waals surface area (Å²) < 4.78 is 5.59. The minimum atomic E-state index is -1.03. The molecule has 2 fully saturated rings. The van der Waals surface area contributed by atoms with Gasteiger partial charge in [0.05, 0.1) is 23.9 Å². The van der Waals surface area contributed by atoms with E-state index in [1.165, 1.54) is 4.90 Å². The molecule has 1 unspecified atom stereocenters. The lowest BCUT2D eigenvalue weighted by molar-refractivity contribution is -0.147. The molecule has 8 nitrogen and oxygen atoms in total. The lowest BCUT2D eigenvalue weighted by Crippen LogP contribution is -2.60. The molecular weight excluding hydrogens is 406 g/mol. The van der Waals surface area contributed by atoms with Gasteiger partial charge in [-0.2, -0.15) is 11.8 Å². The average Bonchev–Trinajstić information content (AvgIpc) is 2.98. The molecule has 2 aliphatic heterocycles. The van der Waals surface area contributed by atoms with Crippen molar-refractivity contribution in [1.29, 1.82) is 0 Å². The van der Waals surface area contributed by atoms with Gasteiger partial charge in [0.2, 0.25) is 5.91 Å². The number of para-hydroxylation sites is 1. The van der Waals surface area contributed by atoms with Gasteiger partial charge in [0, 0.05) is 25.9 Å². The third-order valence-corrected chi connectivity index (χ3v) is 6.37. The van der Waals surface area contributed by atoms with Gasteiger partial charge in [-0.05, 0) is 37.5 Å². The summed E-state index contributed by atoms with van der Waals surface area (Å²) in [4.78, 5) is 40.6. The van der Waals surface area contributed by atoms with Crippen molar-refractivity contribution in [1.82, 2.24) is 15.1 Å². The van der Waals surface area contributed by atoms with Gasteiger partial charge >= 0.3 is 5.97 Å². The summed E-state index contributed by atoms with van der Waals surface area (Å²) in [5.74, 6) is 0.0808. The fourth-order valence-electron chi connectivity index (χ4n) is 4.25. The molecule has 0 saturated carbocycles. The zero-order chi connectivity index (χ0) is 21.7. The third-order valence-electron chi connectivity index (χ3n) is 5.72. The number of ether oxygens (including phenoxy) is 1. The number of nitrogens with one attached hydrogen (secondary N) is 1. The molecule has 2 N–H and O–H groups in total. The summed E-state index contributed by atoms with van der Waals surface area (Å²) in [6, 6.07) is 6.80. The van der Waals surface area contributed by atoms with Crippen LogP contribution in [0.3, 0.4) is 0 Å². The SMILES string of the molecule is CCOc1ccccc1C(=O)N1CCC2(CC1)NC(CCSC)C(=O)N2CC(=O)O. The number of hydrogen-bond donors (Lipinski definition) is 2. The number of likely N-dealkylation sites (tertiary alicyclic amines) is 1. The Morgan fingerprint density at radius 1 is 1.30 bits per heavy atom. The maximum Gasteiger partial charge on any atom is 0.323 e. The molecule has 2 saturated heterocycles. The van der Waals surface area contributed by atoms with Crippen LogP contribution in [0.15, 0.2) is 24.3 Å². The van der Waals surface area contributed by atoms with Gasteiger partial charge in [0.1, 0.15) is 12.3 Å². The van der Waals surface area contributed by atoms with Gasteiger partial charge in [-0.1, -0.05) is 12.1 Å². The molecule has 1 atom stereocenters. The van der Waals surface area contributed by atoms with E-state index in [0.717, 1.165) is 5.75 Å². The summed E-state index contributed by atoms with van der Waals surface area (Å²) in [7, 11) is 0. The molecule has 9 heteroatoms. The highest BCUT2D eigenvalue weighted by Gasteiger charge is 2.52. The van der Waals surface area contributed by atoms with Crippen LogP contribution in [0.1, 0.15) is 36.5 Å². The molecule has 2 aliphatic rings. The van der Waals surface area contributed by atoms with Crippen molar-refractivity contribution in [2.75, 3.05) is 38.2 Å². The number of carbonyl (C=O) groups excluding carboxylic acids is 2. The number of nitrogens with zero attached hydrogens (tertiary/aromatic N) is 2. The maximum absolute atomic E-state index is 13.1. The minimum absolute atomic E-state index is 0.109. The Hall–Kier alpha value is -2.26. The van der Waals surface area contributed by atoms with E-state index in [-0.39, 0.29) is 24.4 Å². The molecule has 0 aliphatic carbocycles. The topological polar surface area (TPSA) is 99.2 Å². The highest BCUT2D eigenvalue weighted by atomic mass is 32.2. The maximum atomic E-state index is 13.1. The van der Waals surface area contributed by atoms with Crippen LogP contribution in [0.4, 0.5) is 0 Å². The Balaban J connectivity index is 1.74. The van der Waals surface area contributed by atoms with Crippen LogP contribution >= 0.6 is 11.8 Å². The van der Waals surface area contributed by atoms with Crippen LogP contribution in [0, 0.1) is 0 Å². The number of hydrogen-bond acceptors (Lipinski definition) is 6. The summed E-state index contributed by atoms with van der Waals surface area (Å²) in [6.07, 6.45) is 3.62. The van der Waals surface area contributed by atoms with Gasteiger partial charge in [0.15, 0.2) is 0 Å². The first-order chi connectivity index (χ1) is 14.4. The highest BCUT2D eigenvalue weighted by Crippen LogP contribution is 2.34. The summed E-state index contributed by atoms with van der Waals surface area (Å²) in [5, 5.41) is 12.7. The largest absolute Gasteiger partial charge is 0.493 e. The van der Waals surface area contributed by atoms with E-state index in [1.807, 2.05) is 25.3 Å². The van der Waals surface area contributed by atoms with Crippen LogP contribution < -0.4 is 10.1 Å². The second-order valence-electron chi connectivity index (χ2n) is 7.55. The quantitative estimate of drug-likeness (QED) is 0.641. The van der Waals surface area contributed by atoms with E-state index < -0.39 is 11.6 Å². The van der Waals surface area contributed by atoms with E-state index >= 15 is 0 Å². The number of thioether (sulfide) groups is 1. The predicted molar refractivity (Wildman–Crippen MR) is 115 cm³/mol. The number of benzene rings is 1. The molecule has 2 amide bonds. The van der Waals surface area contributed by atoms with Crippen LogP contribution in [-0.2, 0) is 9.59 Å². The fraction of sp³-hybridized carbons (Fsp3) is 0.571. The van der Waals surface area contributed by atoms with Gasteiger partial charge < -0.3 is 19.6 Å². The Morgan fingerprint density at radius 3 is 2.63 bits per heavy atom. The van der Waals surface area contributed by atoms with Crippen molar-refractivity contribution < 1.29 is 24.2 Å². The third kappa shape index (κ3) is 4.57. The number of carbonyl (C=O) groups is 3. The van der Waals surface area contributed by atoms with E-state index in [9.17, 15) is 19.5 Å². The first-order valence-electron chi connectivity index (χ1n) is 10.2. The van der Waals surface area contributed by atoms with Gasteiger partial charge in [-0.3, -0.25) is 19.7 Å². The predicted octanol–water partition coefficient (Wildman–Crippen LogP) is 1.66. The van der Waals surface area contributed by atoms with Gasteiger partial charge in [-0.25, -0.2) is 0 Å². The molecule has 30 heavy (non-hydrogen) atoms. The minimum Gasteiger partial charge on any atom is -0.493 e. The molecule has 1 aromatic rings. The van der Waals surface area contributed by atoms with E-state index in [2.05, 4.69) is 5.32 Å². The summed E-state index contributed by atoms with van der Waals surface area (Å²) in [6.45, 7) is 2.89. The number of carboxylic acid groups (broad SMARTS) is 1. The first kappa shape index (κ1) is 22.4. The Labute approximate surface area is 180 Å². The monoisotopic (exact) mass is 435 g/mol. The number of piperidine rings is 1. The van der Waals surface area contributed by atoms with Crippen LogP contribution in [0.5, 0.6) is 5.75 Å². The Kier molecular flexibility index (Phi) is 7.25. The van der Waals surface area contributed by atoms with E-state index in [0.29, 0.717) is 50.3 Å². The first-order valence-corrected chi connectivity index (χ1v) is 11.6. The molecule has 0 aromatic heterocycles. The second kappa shape index (κ2) is 9.70. The molecule has 2 heterocycles. The Bertz CT molecular complexity index is 795. The zero-order valence-electron chi connectivity index (χ0n) is 17.4. The van der Waals surface area contributed by atoms with Crippen molar-refractivity contribution in [2.24, 2.45) is 0 Å². The van der Waals surface area contributed by atoms with Gasteiger partial charge in [-0.15, -0.1) is 0 Å². The number of rotatable bonds is 8. The van der Waals surface area contributed by atoms with Gasteiger partial charge in [0.25, 0.3) is 5.91 Å². The number of carboxylic acids is 1. The van der Waals surface area contributed by atoms with E-state index in [4.69, 9.17) is 4.74 Å². The van der Waals surface area contributed by atoms with Crippen molar-refractivity contribution in [3.05, 3.63) is 29.8 Å². The standard InChI is InChI=1S/C21H29N3O5S/c1-3-29-17-7-5-4-6-15(17)19(27)23-11-9-21(10-12-23)22-16(8-13-30-2)20(28)24(21)14-18(25)26/h4-7,16,22H,3,8-14H2,1-2H3,(H,25,26). The van der Waals surface area contributed by atoms with Crippen LogP contribution in [0.2, 0.25) is 0 Å². The lowest BCUT2D eigenvalue weighted by Gasteiger charge is -2.44. The zero-order valence-corrected chi connectivity index (χ0v) is 18.2. The fourth-order valence-corrected chi connectivity index (χ4v) is 4.72. The lowest BCUT2D eigenvalue weighted by atomic mass is 9.95. The van der Waals surface area contributed by atoms with Crippen molar-refractivity contribution in [3.63, 3.8) is 0 Å². The molecule has 164 valence electrons. The molecule has 3 rings (SSSR count). The molecular formula is C21H29N3O5S. The molecule has 1 spiro atoms. The highest BCUT2D eigenvalue weighted by molar-refractivity contribution is 7.98. The summed E-state index contributed by atoms with van der Waals surface area (Å²) in [5.41, 5.74) is -0.194.